The number of nitrogens with zero attached hydrogens (tertiary/aromatic N) is 1. The van der Waals surface area contributed by atoms with E-state index in [2.05, 4.69) is 42.3 Å². The van der Waals surface area contributed by atoms with Gasteiger partial charge >= 0.3 is 0 Å². The lowest BCUT2D eigenvalue weighted by Gasteiger charge is -2.09. The molecule has 0 spiro atoms. The van der Waals surface area contributed by atoms with E-state index in [1.54, 1.807) is 0 Å². The Morgan fingerprint density at radius 1 is 1.15 bits per heavy atom. The van der Waals surface area contributed by atoms with Gasteiger partial charge in [0.1, 0.15) is 0 Å². The summed E-state index contributed by atoms with van der Waals surface area (Å²) < 4.78 is 0. The molecule has 0 amide bonds. The lowest BCUT2D eigenvalue weighted by Crippen LogP contribution is -1.97. The average molecular weight is 171 g/mol. The van der Waals surface area contributed by atoms with Crippen LogP contribution in [0.4, 0.5) is 0 Å². The molecule has 0 unspecified atom stereocenters. The van der Waals surface area contributed by atoms with Gasteiger partial charge in [0, 0.05) is 5.71 Å². The third-order valence-electron chi connectivity index (χ3n) is 2.22. The Hall–Kier alpha value is -1.37. The number of hydrogen-bond donors (Lipinski definition) is 0. The summed E-state index contributed by atoms with van der Waals surface area (Å²) in [7, 11) is 0. The summed E-state index contributed by atoms with van der Waals surface area (Å²) in [6.07, 6.45) is 4.44. The van der Waals surface area contributed by atoms with Gasteiger partial charge in [-0.2, -0.15) is 0 Å². The van der Waals surface area contributed by atoms with Gasteiger partial charge in [0.25, 0.3) is 0 Å². The van der Waals surface area contributed by atoms with Crippen molar-refractivity contribution in [3.8, 4) is 0 Å². The lowest BCUT2D eigenvalue weighted by molar-refractivity contribution is 1.06. The second kappa shape index (κ2) is 3.56. The molecule has 1 nitrogen and oxygen atoms in total. The van der Waals surface area contributed by atoms with Gasteiger partial charge in [0.2, 0.25) is 0 Å². The Morgan fingerprint density at radius 3 is 2.62 bits per heavy atom. The molecular weight excluding hydrogens is 158 g/mol. The van der Waals surface area contributed by atoms with Crippen LogP contribution in [0.1, 0.15) is 25.3 Å². The standard InChI is InChI=1S/C12H13N/c1-10-6-5-9-12(13-10)11-7-3-2-4-8-11/h2-4,7-9H,5-6H2,1H3. The van der Waals surface area contributed by atoms with Crippen LogP contribution in [0.5, 0.6) is 0 Å². The summed E-state index contributed by atoms with van der Waals surface area (Å²) in [5, 5.41) is 0. The van der Waals surface area contributed by atoms with Crippen LogP contribution >= 0.6 is 0 Å². The molecule has 1 heterocycles. The van der Waals surface area contributed by atoms with E-state index < -0.39 is 0 Å². The molecule has 0 N–H and O–H groups in total. The van der Waals surface area contributed by atoms with Crippen LogP contribution in [0.15, 0.2) is 41.4 Å². The molecule has 1 aliphatic rings. The van der Waals surface area contributed by atoms with E-state index in [9.17, 15) is 0 Å². The third-order valence-corrected chi connectivity index (χ3v) is 2.22. The van der Waals surface area contributed by atoms with Crippen LogP contribution in [0.2, 0.25) is 0 Å². The zero-order valence-electron chi connectivity index (χ0n) is 7.83. The normalized spacial score (nSPS) is 16.4. The SMILES string of the molecule is CC1=NC(c2ccccc2)=CCC1. The first-order valence-electron chi connectivity index (χ1n) is 4.66. The van der Waals surface area contributed by atoms with E-state index in [4.69, 9.17) is 0 Å². The van der Waals surface area contributed by atoms with Crippen molar-refractivity contribution in [2.24, 2.45) is 4.99 Å². The number of benzene rings is 1. The number of allylic oxidation sites excluding steroid dienone is 1. The first kappa shape index (κ1) is 8.24. The van der Waals surface area contributed by atoms with Crippen LogP contribution in [-0.2, 0) is 0 Å². The van der Waals surface area contributed by atoms with Gasteiger partial charge in [0.05, 0.1) is 5.70 Å². The largest absolute Gasteiger partial charge is 0.258 e. The Bertz CT molecular complexity index is 347. The minimum absolute atomic E-state index is 1.11. The van der Waals surface area contributed by atoms with Crippen molar-refractivity contribution in [1.29, 1.82) is 0 Å². The Morgan fingerprint density at radius 2 is 1.92 bits per heavy atom. The van der Waals surface area contributed by atoms with Crippen molar-refractivity contribution in [2.75, 3.05) is 0 Å². The van der Waals surface area contributed by atoms with Crippen LogP contribution in [0.25, 0.3) is 5.70 Å². The summed E-state index contributed by atoms with van der Waals surface area (Å²) in [6.45, 7) is 2.09. The number of aliphatic imine (C=N–C) groups is 1. The molecule has 1 aromatic rings. The molecule has 13 heavy (non-hydrogen) atoms. The lowest BCUT2D eigenvalue weighted by atomic mass is 10.1. The molecule has 0 aliphatic carbocycles. The van der Waals surface area contributed by atoms with Crippen molar-refractivity contribution >= 4 is 11.4 Å². The van der Waals surface area contributed by atoms with Crippen molar-refractivity contribution in [1.82, 2.24) is 0 Å². The molecule has 0 atom stereocenters. The quantitative estimate of drug-likeness (QED) is 0.615. The molecule has 0 saturated heterocycles. The summed E-state index contributed by atoms with van der Waals surface area (Å²) in [6, 6.07) is 10.3. The number of hydrogen-bond acceptors (Lipinski definition) is 1. The van der Waals surface area contributed by atoms with Gasteiger partial charge in [-0.3, -0.25) is 4.99 Å². The Kier molecular flexibility index (Phi) is 2.26. The highest BCUT2D eigenvalue weighted by Crippen LogP contribution is 2.20. The maximum absolute atomic E-state index is 4.53. The van der Waals surface area contributed by atoms with Crippen LogP contribution in [0, 0.1) is 0 Å². The molecular formula is C12H13N. The Balaban J connectivity index is 2.33. The van der Waals surface area contributed by atoms with Crippen molar-refractivity contribution in [3.63, 3.8) is 0 Å². The van der Waals surface area contributed by atoms with Gasteiger partial charge < -0.3 is 0 Å². The summed E-state index contributed by atoms with van der Waals surface area (Å²) in [5.41, 5.74) is 3.59. The molecule has 0 aromatic heterocycles. The maximum atomic E-state index is 4.53. The molecule has 1 aliphatic heterocycles. The van der Waals surface area contributed by atoms with Gasteiger partial charge in [-0.1, -0.05) is 36.4 Å². The van der Waals surface area contributed by atoms with E-state index in [-0.39, 0.29) is 0 Å². The topological polar surface area (TPSA) is 12.4 Å². The van der Waals surface area contributed by atoms with Crippen LogP contribution in [-0.4, -0.2) is 5.71 Å². The van der Waals surface area contributed by atoms with Crippen molar-refractivity contribution in [3.05, 3.63) is 42.0 Å². The fourth-order valence-electron chi connectivity index (χ4n) is 1.52. The van der Waals surface area contributed by atoms with Gasteiger partial charge in [-0.25, -0.2) is 0 Å². The molecule has 66 valence electrons. The highest BCUT2D eigenvalue weighted by molar-refractivity contribution is 5.89. The van der Waals surface area contributed by atoms with Gasteiger partial charge in [-0.15, -0.1) is 0 Å². The van der Waals surface area contributed by atoms with Crippen molar-refractivity contribution < 1.29 is 0 Å². The highest BCUT2D eigenvalue weighted by Gasteiger charge is 2.04. The van der Waals surface area contributed by atoms with Crippen LogP contribution < -0.4 is 0 Å². The minimum atomic E-state index is 1.11. The molecule has 0 bridgehead atoms. The van der Waals surface area contributed by atoms with Gasteiger partial charge in [-0.05, 0) is 25.3 Å². The predicted octanol–water partition coefficient (Wildman–Crippen LogP) is 3.28. The molecule has 1 heteroatoms. The average Bonchev–Trinajstić information content (AvgIpc) is 2.19. The zero-order chi connectivity index (χ0) is 9.10. The summed E-state index contributed by atoms with van der Waals surface area (Å²) in [4.78, 5) is 4.53. The first-order valence-corrected chi connectivity index (χ1v) is 4.66. The molecule has 0 saturated carbocycles. The summed E-state index contributed by atoms with van der Waals surface area (Å²) in [5.74, 6) is 0. The molecule has 0 fully saturated rings. The smallest absolute Gasteiger partial charge is 0.0661 e. The monoisotopic (exact) mass is 171 g/mol. The highest BCUT2D eigenvalue weighted by atomic mass is 14.8. The van der Waals surface area contributed by atoms with E-state index in [0.29, 0.717) is 0 Å². The third kappa shape index (κ3) is 1.86. The fraction of sp³-hybridized carbons (Fsp3) is 0.250. The molecule has 0 radical (unpaired) electrons. The van der Waals surface area contributed by atoms with E-state index in [0.717, 1.165) is 18.5 Å². The van der Waals surface area contributed by atoms with Gasteiger partial charge in [0.15, 0.2) is 0 Å². The summed E-state index contributed by atoms with van der Waals surface area (Å²) >= 11 is 0. The van der Waals surface area contributed by atoms with E-state index in [1.165, 1.54) is 11.3 Å². The predicted molar refractivity (Wildman–Crippen MR) is 56.8 cm³/mol. The molecule has 1 aromatic carbocycles. The first-order chi connectivity index (χ1) is 6.36. The van der Waals surface area contributed by atoms with Crippen molar-refractivity contribution in [2.45, 2.75) is 19.8 Å². The minimum Gasteiger partial charge on any atom is -0.258 e. The van der Waals surface area contributed by atoms with Crippen LogP contribution in [0.3, 0.4) is 0 Å². The molecule has 2 rings (SSSR count). The maximum Gasteiger partial charge on any atom is 0.0661 e. The van der Waals surface area contributed by atoms with E-state index >= 15 is 0 Å². The Labute approximate surface area is 78.8 Å². The van der Waals surface area contributed by atoms with E-state index in [1.807, 2.05) is 6.07 Å². The number of rotatable bonds is 1. The zero-order valence-corrected chi connectivity index (χ0v) is 7.83. The second-order valence-corrected chi connectivity index (χ2v) is 3.34. The second-order valence-electron chi connectivity index (χ2n) is 3.34. The fourth-order valence-corrected chi connectivity index (χ4v) is 1.52.